The first-order valence-corrected chi connectivity index (χ1v) is 6.98. The van der Waals surface area contributed by atoms with E-state index in [2.05, 4.69) is 10.2 Å². The quantitative estimate of drug-likeness (QED) is 0.850. The van der Waals surface area contributed by atoms with Crippen molar-refractivity contribution in [2.75, 3.05) is 13.1 Å². The Morgan fingerprint density at radius 2 is 1.95 bits per heavy atom. The lowest BCUT2D eigenvalue weighted by atomic mass is 9.99. The van der Waals surface area contributed by atoms with Crippen molar-refractivity contribution in [1.82, 2.24) is 15.1 Å². The summed E-state index contributed by atoms with van der Waals surface area (Å²) >= 11 is 0. The monoisotopic (exact) mass is 301 g/mol. The molecule has 7 heteroatoms. The highest BCUT2D eigenvalue weighted by Gasteiger charge is 2.38. The van der Waals surface area contributed by atoms with E-state index in [9.17, 15) is 14.4 Å². The van der Waals surface area contributed by atoms with Crippen molar-refractivity contribution in [3.63, 3.8) is 0 Å². The van der Waals surface area contributed by atoms with Gasteiger partial charge in [-0.2, -0.15) is 5.10 Å². The fourth-order valence-electron chi connectivity index (χ4n) is 2.88. The molecule has 2 heterocycles. The lowest BCUT2D eigenvalue weighted by Gasteiger charge is -2.16. The van der Waals surface area contributed by atoms with Gasteiger partial charge >= 0.3 is 5.97 Å². The number of nitrogens with zero attached hydrogens (tertiary/aromatic N) is 2. The Labute approximate surface area is 125 Å². The van der Waals surface area contributed by atoms with E-state index < -0.39 is 11.9 Å². The minimum Gasteiger partial charge on any atom is -0.481 e. The van der Waals surface area contributed by atoms with Crippen LogP contribution in [0.2, 0.25) is 0 Å². The van der Waals surface area contributed by atoms with Crippen molar-refractivity contribution in [3.8, 4) is 0 Å². The summed E-state index contributed by atoms with van der Waals surface area (Å²) in [6, 6.07) is 6.73. The first-order chi connectivity index (χ1) is 10.5. The number of aromatic amines is 1. The van der Waals surface area contributed by atoms with Gasteiger partial charge in [0.2, 0.25) is 0 Å². The highest BCUT2D eigenvalue weighted by Crippen LogP contribution is 2.25. The number of benzene rings is 1. The summed E-state index contributed by atoms with van der Waals surface area (Å²) < 4.78 is 0. The molecule has 1 saturated heterocycles. The van der Waals surface area contributed by atoms with E-state index in [1.54, 1.807) is 24.3 Å². The predicted molar refractivity (Wildman–Crippen MR) is 78.6 cm³/mol. The first kappa shape index (κ1) is 14.2. The van der Waals surface area contributed by atoms with Crippen molar-refractivity contribution in [2.45, 2.75) is 6.92 Å². The van der Waals surface area contributed by atoms with Crippen LogP contribution in [0.4, 0.5) is 0 Å². The Kier molecular flexibility index (Phi) is 3.40. The molecule has 1 aliphatic heterocycles. The average molecular weight is 301 g/mol. The Hall–Kier alpha value is -2.70. The van der Waals surface area contributed by atoms with Crippen molar-refractivity contribution < 1.29 is 14.7 Å². The lowest BCUT2D eigenvalue weighted by molar-refractivity contribution is -0.142. The van der Waals surface area contributed by atoms with E-state index in [1.807, 2.05) is 6.92 Å². The highest BCUT2D eigenvalue weighted by atomic mass is 16.4. The van der Waals surface area contributed by atoms with Gasteiger partial charge in [0.15, 0.2) is 5.69 Å². The summed E-state index contributed by atoms with van der Waals surface area (Å²) in [5, 5.41) is 16.2. The Morgan fingerprint density at radius 1 is 1.27 bits per heavy atom. The zero-order valence-electron chi connectivity index (χ0n) is 11.9. The number of amides is 1. The van der Waals surface area contributed by atoms with Crippen LogP contribution in [0, 0.1) is 11.8 Å². The average Bonchev–Trinajstić information content (AvgIpc) is 2.89. The van der Waals surface area contributed by atoms with Crippen LogP contribution in [0.15, 0.2) is 29.1 Å². The number of hydrogen-bond acceptors (Lipinski definition) is 4. The molecule has 0 unspecified atom stereocenters. The number of carbonyl (C=O) groups excluding carboxylic acids is 1. The molecular formula is C15H15N3O4. The van der Waals surface area contributed by atoms with Crippen LogP contribution in [-0.4, -0.2) is 45.2 Å². The Balaban J connectivity index is 1.99. The Morgan fingerprint density at radius 3 is 2.59 bits per heavy atom. The molecule has 2 atom stereocenters. The van der Waals surface area contributed by atoms with Crippen LogP contribution in [0.5, 0.6) is 0 Å². The van der Waals surface area contributed by atoms with Gasteiger partial charge in [-0.3, -0.25) is 14.4 Å². The van der Waals surface area contributed by atoms with Gasteiger partial charge in [0.05, 0.1) is 11.3 Å². The summed E-state index contributed by atoms with van der Waals surface area (Å²) in [4.78, 5) is 37.0. The highest BCUT2D eigenvalue weighted by molar-refractivity contribution is 6.05. The number of aliphatic carboxylic acids is 1. The van der Waals surface area contributed by atoms with E-state index in [-0.39, 0.29) is 29.6 Å². The molecule has 22 heavy (non-hydrogen) atoms. The normalized spacial score (nSPS) is 21.2. The second kappa shape index (κ2) is 5.25. The van der Waals surface area contributed by atoms with Gasteiger partial charge in [0.1, 0.15) is 0 Å². The maximum Gasteiger partial charge on any atom is 0.308 e. The lowest BCUT2D eigenvalue weighted by Crippen LogP contribution is -2.31. The molecule has 2 N–H and O–H groups in total. The summed E-state index contributed by atoms with van der Waals surface area (Å²) in [5.41, 5.74) is -0.209. The number of carboxylic acid groups (broad SMARTS) is 1. The summed E-state index contributed by atoms with van der Waals surface area (Å²) in [7, 11) is 0. The summed E-state index contributed by atoms with van der Waals surface area (Å²) in [6.45, 7) is 2.33. The number of likely N-dealkylation sites (tertiary alicyclic amines) is 1. The molecule has 1 aromatic carbocycles. The third-order valence-electron chi connectivity index (χ3n) is 4.12. The number of H-pyrrole nitrogens is 1. The molecule has 0 aliphatic carbocycles. The minimum absolute atomic E-state index is 0.115. The van der Waals surface area contributed by atoms with Crippen molar-refractivity contribution in [1.29, 1.82) is 0 Å². The van der Waals surface area contributed by atoms with E-state index in [4.69, 9.17) is 5.11 Å². The molecule has 114 valence electrons. The van der Waals surface area contributed by atoms with Crippen LogP contribution in [0.1, 0.15) is 17.4 Å². The molecule has 0 saturated carbocycles. The van der Waals surface area contributed by atoms with Crippen LogP contribution >= 0.6 is 0 Å². The molecule has 0 radical (unpaired) electrons. The SMILES string of the molecule is C[C@@H]1CN(C(=O)c2n[nH]c(=O)c3ccccc23)C[C@H]1C(=O)O. The largest absolute Gasteiger partial charge is 0.481 e. The fourth-order valence-corrected chi connectivity index (χ4v) is 2.88. The van der Waals surface area contributed by atoms with Crippen molar-refractivity contribution in [3.05, 3.63) is 40.3 Å². The van der Waals surface area contributed by atoms with E-state index in [1.165, 1.54) is 4.90 Å². The molecule has 7 nitrogen and oxygen atoms in total. The number of rotatable bonds is 2. The van der Waals surface area contributed by atoms with Crippen LogP contribution < -0.4 is 5.56 Å². The number of carboxylic acids is 1. The molecule has 1 fully saturated rings. The molecule has 3 rings (SSSR count). The maximum atomic E-state index is 12.6. The number of carbonyl (C=O) groups is 2. The predicted octanol–water partition coefficient (Wildman–Crippen LogP) is 0.716. The second-order valence-corrected chi connectivity index (χ2v) is 5.58. The topological polar surface area (TPSA) is 103 Å². The number of fused-ring (bicyclic) bond motifs is 1. The summed E-state index contributed by atoms with van der Waals surface area (Å²) in [5.74, 6) is -1.95. The van der Waals surface area contributed by atoms with E-state index >= 15 is 0 Å². The Bertz CT molecular complexity index is 814. The smallest absolute Gasteiger partial charge is 0.308 e. The zero-order valence-corrected chi connectivity index (χ0v) is 11.9. The minimum atomic E-state index is -0.901. The molecular weight excluding hydrogens is 286 g/mol. The van der Waals surface area contributed by atoms with Gasteiger partial charge in [-0.1, -0.05) is 25.1 Å². The second-order valence-electron chi connectivity index (χ2n) is 5.58. The van der Waals surface area contributed by atoms with Crippen LogP contribution in [0.3, 0.4) is 0 Å². The van der Waals surface area contributed by atoms with Crippen molar-refractivity contribution >= 4 is 22.6 Å². The summed E-state index contributed by atoms with van der Waals surface area (Å²) in [6.07, 6.45) is 0. The maximum absolute atomic E-state index is 12.6. The third-order valence-corrected chi connectivity index (χ3v) is 4.12. The van der Waals surface area contributed by atoms with E-state index in [0.717, 1.165) is 0 Å². The molecule has 1 aromatic heterocycles. The van der Waals surface area contributed by atoms with Gasteiger partial charge in [-0.05, 0) is 12.0 Å². The van der Waals surface area contributed by atoms with Crippen LogP contribution in [-0.2, 0) is 4.79 Å². The standard InChI is InChI=1S/C15H15N3O4/c1-8-6-18(7-11(8)15(21)22)14(20)12-9-4-2-3-5-10(9)13(19)17-16-12/h2-5,8,11H,6-7H2,1H3,(H,17,19)(H,21,22)/t8-,11-/m1/s1. The van der Waals surface area contributed by atoms with Gasteiger partial charge in [-0.15, -0.1) is 0 Å². The molecule has 1 amide bonds. The van der Waals surface area contributed by atoms with Gasteiger partial charge in [0, 0.05) is 18.5 Å². The molecule has 0 bridgehead atoms. The molecule has 0 spiro atoms. The number of nitrogens with one attached hydrogen (secondary N) is 1. The van der Waals surface area contributed by atoms with Gasteiger partial charge in [0.25, 0.3) is 11.5 Å². The number of hydrogen-bond donors (Lipinski definition) is 2. The first-order valence-electron chi connectivity index (χ1n) is 6.98. The molecule has 2 aromatic rings. The number of aromatic nitrogens is 2. The fraction of sp³-hybridized carbons (Fsp3) is 0.333. The zero-order chi connectivity index (χ0) is 15.9. The van der Waals surface area contributed by atoms with Gasteiger partial charge in [-0.25, -0.2) is 5.10 Å². The van der Waals surface area contributed by atoms with Crippen LogP contribution in [0.25, 0.3) is 10.8 Å². The molecule has 1 aliphatic rings. The van der Waals surface area contributed by atoms with Gasteiger partial charge < -0.3 is 10.0 Å². The van der Waals surface area contributed by atoms with Crippen molar-refractivity contribution in [2.24, 2.45) is 11.8 Å². The van der Waals surface area contributed by atoms with E-state index in [0.29, 0.717) is 17.3 Å². The third kappa shape index (κ3) is 2.24.